The molecule has 0 saturated carbocycles. The second-order valence-electron chi connectivity index (χ2n) is 6.92. The summed E-state index contributed by atoms with van der Waals surface area (Å²) < 4.78 is 31.7. The predicted octanol–water partition coefficient (Wildman–Crippen LogP) is 1.76. The Balaban J connectivity index is 0.000000321. The number of aromatic nitrogens is 1. The van der Waals surface area contributed by atoms with Crippen LogP contribution in [0.4, 0.5) is 18.0 Å². The molecule has 1 aromatic rings. The number of aliphatic carboxylic acids is 1. The zero-order valence-electron chi connectivity index (χ0n) is 15.2. The Bertz CT molecular complexity index is 641. The van der Waals surface area contributed by atoms with Gasteiger partial charge in [0.15, 0.2) is 0 Å². The smallest absolute Gasteiger partial charge is 0.475 e. The van der Waals surface area contributed by atoms with Gasteiger partial charge < -0.3 is 14.9 Å². The molecular formula is C17H23F3N4O3. The Morgan fingerprint density at radius 2 is 1.74 bits per heavy atom. The van der Waals surface area contributed by atoms with Gasteiger partial charge in [-0.05, 0) is 24.0 Å². The molecule has 0 aromatic carbocycles. The second-order valence-corrected chi connectivity index (χ2v) is 6.92. The molecule has 1 aromatic heterocycles. The lowest BCUT2D eigenvalue weighted by molar-refractivity contribution is -0.192. The second kappa shape index (κ2) is 8.55. The minimum atomic E-state index is -5.08. The molecule has 27 heavy (non-hydrogen) atoms. The average Bonchev–Trinajstić information content (AvgIpc) is 3.13. The van der Waals surface area contributed by atoms with Gasteiger partial charge in [0.1, 0.15) is 0 Å². The van der Waals surface area contributed by atoms with E-state index >= 15 is 0 Å². The van der Waals surface area contributed by atoms with Crippen molar-refractivity contribution < 1.29 is 27.9 Å². The largest absolute Gasteiger partial charge is 0.490 e. The third-order valence-electron chi connectivity index (χ3n) is 4.57. The number of hydrogen-bond acceptors (Lipinski definition) is 4. The first-order valence-electron chi connectivity index (χ1n) is 8.46. The molecule has 0 radical (unpaired) electrons. The van der Waals surface area contributed by atoms with Gasteiger partial charge in [-0.1, -0.05) is 6.07 Å². The monoisotopic (exact) mass is 388 g/mol. The highest BCUT2D eigenvalue weighted by atomic mass is 19.4. The number of carbonyl (C=O) groups excluding carboxylic acids is 1. The molecular weight excluding hydrogens is 365 g/mol. The van der Waals surface area contributed by atoms with E-state index in [0.717, 1.165) is 38.4 Å². The molecule has 2 saturated heterocycles. The fraction of sp³-hybridized carbons (Fsp3) is 0.588. The number of carbonyl (C=O) groups is 2. The van der Waals surface area contributed by atoms with Gasteiger partial charge in [0, 0.05) is 53.0 Å². The molecule has 2 aliphatic heterocycles. The summed E-state index contributed by atoms with van der Waals surface area (Å²) in [6.45, 7) is 4.90. The molecule has 0 spiro atoms. The first kappa shape index (κ1) is 20.9. The molecule has 2 fully saturated rings. The SMILES string of the molecule is CN(C)C(=O)N1CC2CN(Cc3ccccn3)CC2C1.O=C(O)C(F)(F)F. The normalized spacial score (nSPS) is 22.0. The van der Waals surface area contributed by atoms with E-state index in [9.17, 15) is 18.0 Å². The summed E-state index contributed by atoms with van der Waals surface area (Å²) >= 11 is 0. The quantitative estimate of drug-likeness (QED) is 0.836. The Morgan fingerprint density at radius 3 is 2.15 bits per heavy atom. The summed E-state index contributed by atoms with van der Waals surface area (Å²) in [4.78, 5) is 31.4. The lowest BCUT2D eigenvalue weighted by atomic mass is 10.0. The number of hydrogen-bond donors (Lipinski definition) is 1. The molecule has 2 amide bonds. The summed E-state index contributed by atoms with van der Waals surface area (Å²) in [5.74, 6) is -1.50. The fourth-order valence-corrected chi connectivity index (χ4v) is 3.38. The van der Waals surface area contributed by atoms with Crippen molar-refractivity contribution in [2.45, 2.75) is 12.7 Å². The van der Waals surface area contributed by atoms with E-state index < -0.39 is 12.1 Å². The summed E-state index contributed by atoms with van der Waals surface area (Å²) in [7, 11) is 3.65. The fourth-order valence-electron chi connectivity index (χ4n) is 3.38. The van der Waals surface area contributed by atoms with Crippen LogP contribution in [0.2, 0.25) is 0 Å². The van der Waals surface area contributed by atoms with Crippen molar-refractivity contribution >= 4 is 12.0 Å². The number of rotatable bonds is 2. The first-order valence-corrected chi connectivity index (χ1v) is 8.46. The Morgan fingerprint density at radius 1 is 1.19 bits per heavy atom. The molecule has 150 valence electrons. The summed E-state index contributed by atoms with van der Waals surface area (Å²) in [5, 5.41) is 7.12. The van der Waals surface area contributed by atoms with Crippen LogP contribution in [-0.2, 0) is 11.3 Å². The van der Waals surface area contributed by atoms with Crippen LogP contribution in [0.5, 0.6) is 0 Å². The highest BCUT2D eigenvalue weighted by molar-refractivity contribution is 5.74. The molecule has 3 rings (SSSR count). The van der Waals surface area contributed by atoms with Crippen LogP contribution in [0.25, 0.3) is 0 Å². The molecule has 10 heteroatoms. The van der Waals surface area contributed by atoms with Crippen molar-refractivity contribution in [1.82, 2.24) is 19.7 Å². The number of carboxylic acids is 1. The van der Waals surface area contributed by atoms with Crippen molar-refractivity contribution in [3.8, 4) is 0 Å². The third kappa shape index (κ3) is 5.81. The number of amides is 2. The van der Waals surface area contributed by atoms with Crippen molar-refractivity contribution in [3.63, 3.8) is 0 Å². The van der Waals surface area contributed by atoms with Gasteiger partial charge in [0.2, 0.25) is 0 Å². The third-order valence-corrected chi connectivity index (χ3v) is 4.57. The Kier molecular flexibility index (Phi) is 6.63. The predicted molar refractivity (Wildman–Crippen MR) is 90.8 cm³/mol. The maximum Gasteiger partial charge on any atom is 0.490 e. The van der Waals surface area contributed by atoms with Crippen LogP contribution < -0.4 is 0 Å². The number of alkyl halides is 3. The first-order chi connectivity index (χ1) is 12.6. The van der Waals surface area contributed by atoms with Crippen LogP contribution in [0, 0.1) is 11.8 Å². The van der Waals surface area contributed by atoms with Crippen molar-refractivity contribution in [1.29, 1.82) is 0 Å². The Hall–Kier alpha value is -2.36. The number of nitrogens with zero attached hydrogens (tertiary/aromatic N) is 4. The summed E-state index contributed by atoms with van der Waals surface area (Å²) in [6.07, 6.45) is -3.23. The van der Waals surface area contributed by atoms with Crippen molar-refractivity contribution in [2.24, 2.45) is 11.8 Å². The molecule has 0 bridgehead atoms. The van der Waals surface area contributed by atoms with Gasteiger partial charge in [0.25, 0.3) is 0 Å². The van der Waals surface area contributed by atoms with Crippen molar-refractivity contribution in [3.05, 3.63) is 30.1 Å². The molecule has 1 N–H and O–H groups in total. The highest BCUT2D eigenvalue weighted by Gasteiger charge is 2.41. The van der Waals surface area contributed by atoms with E-state index in [-0.39, 0.29) is 6.03 Å². The van der Waals surface area contributed by atoms with E-state index in [1.807, 2.05) is 37.3 Å². The van der Waals surface area contributed by atoms with Gasteiger partial charge in [0.05, 0.1) is 5.69 Å². The van der Waals surface area contributed by atoms with Gasteiger partial charge in [-0.15, -0.1) is 0 Å². The zero-order chi connectivity index (χ0) is 20.2. The molecule has 2 aliphatic rings. The summed E-state index contributed by atoms with van der Waals surface area (Å²) in [6, 6.07) is 6.22. The number of fused-ring (bicyclic) bond motifs is 1. The van der Waals surface area contributed by atoms with Gasteiger partial charge in [-0.2, -0.15) is 13.2 Å². The Labute approximate surface area is 155 Å². The van der Waals surface area contributed by atoms with Crippen LogP contribution in [0.1, 0.15) is 5.69 Å². The van der Waals surface area contributed by atoms with Crippen molar-refractivity contribution in [2.75, 3.05) is 40.3 Å². The van der Waals surface area contributed by atoms with Crippen LogP contribution in [0.3, 0.4) is 0 Å². The maximum absolute atomic E-state index is 12.0. The molecule has 7 nitrogen and oxygen atoms in total. The number of urea groups is 1. The van der Waals surface area contributed by atoms with E-state index in [1.54, 1.807) is 4.90 Å². The highest BCUT2D eigenvalue weighted by Crippen LogP contribution is 2.32. The summed E-state index contributed by atoms with van der Waals surface area (Å²) in [5.41, 5.74) is 1.13. The zero-order valence-corrected chi connectivity index (χ0v) is 15.2. The number of halogens is 3. The lowest BCUT2D eigenvalue weighted by Gasteiger charge is -2.24. The van der Waals surface area contributed by atoms with E-state index in [4.69, 9.17) is 9.90 Å². The standard InChI is InChI=1S/C15H22N4O.C2HF3O2/c1-17(2)15(20)19-9-12-7-18(8-13(12)10-19)11-14-5-3-4-6-16-14;3-2(4,5)1(6)7/h3-6,12-13H,7-11H2,1-2H3;(H,6,7). The molecule has 0 aliphatic carbocycles. The van der Waals surface area contributed by atoms with Gasteiger partial charge in [-0.25, -0.2) is 9.59 Å². The molecule has 2 unspecified atom stereocenters. The topological polar surface area (TPSA) is 77.0 Å². The van der Waals surface area contributed by atoms with Crippen LogP contribution in [0.15, 0.2) is 24.4 Å². The number of likely N-dealkylation sites (tertiary alicyclic amines) is 2. The number of pyridine rings is 1. The minimum absolute atomic E-state index is 0.149. The van der Waals surface area contributed by atoms with Gasteiger partial charge in [-0.3, -0.25) is 9.88 Å². The lowest BCUT2D eigenvalue weighted by Crippen LogP contribution is -2.39. The molecule has 3 heterocycles. The minimum Gasteiger partial charge on any atom is -0.475 e. The van der Waals surface area contributed by atoms with Gasteiger partial charge >= 0.3 is 18.2 Å². The number of carboxylic acid groups (broad SMARTS) is 1. The van der Waals surface area contributed by atoms with E-state index in [2.05, 4.69) is 16.0 Å². The van der Waals surface area contributed by atoms with E-state index in [1.165, 1.54) is 0 Å². The maximum atomic E-state index is 12.0. The average molecular weight is 388 g/mol. The van der Waals surface area contributed by atoms with Crippen LogP contribution >= 0.6 is 0 Å². The van der Waals surface area contributed by atoms with Crippen LogP contribution in [-0.4, -0.2) is 83.2 Å². The molecule has 2 atom stereocenters. The van der Waals surface area contributed by atoms with E-state index in [0.29, 0.717) is 11.8 Å².